The number of nitrogens with one attached hydrogen (secondary N) is 2. The zero-order valence-corrected chi connectivity index (χ0v) is 14.5. The molecule has 6 heteroatoms. The maximum atomic E-state index is 12.1. The number of esters is 1. The molecule has 2 rings (SSSR count). The number of pyridine rings is 1. The van der Waals surface area contributed by atoms with E-state index in [0.29, 0.717) is 30.0 Å². The van der Waals surface area contributed by atoms with Crippen molar-refractivity contribution in [2.24, 2.45) is 0 Å². The number of aromatic nitrogens is 1. The number of rotatable bonds is 8. The molecule has 0 aliphatic heterocycles. The molecular formula is C19H23N3O3. The lowest BCUT2D eigenvalue weighted by molar-refractivity contribution is 0.0526. The number of amides is 1. The van der Waals surface area contributed by atoms with E-state index in [9.17, 15) is 9.59 Å². The highest BCUT2D eigenvalue weighted by atomic mass is 16.5. The van der Waals surface area contributed by atoms with E-state index in [4.69, 9.17) is 4.74 Å². The molecule has 6 nitrogen and oxygen atoms in total. The molecule has 2 N–H and O–H groups in total. The Hall–Kier alpha value is -2.89. The van der Waals surface area contributed by atoms with E-state index in [1.165, 1.54) is 6.20 Å². The Morgan fingerprint density at radius 1 is 1.04 bits per heavy atom. The van der Waals surface area contributed by atoms with Crippen molar-refractivity contribution < 1.29 is 14.3 Å². The number of hydrogen-bond donors (Lipinski definition) is 2. The molecule has 0 saturated carbocycles. The molecule has 0 spiro atoms. The third-order valence-electron chi connectivity index (χ3n) is 3.50. The molecule has 0 aliphatic rings. The van der Waals surface area contributed by atoms with Crippen LogP contribution in [0.25, 0.3) is 0 Å². The van der Waals surface area contributed by atoms with Gasteiger partial charge < -0.3 is 15.4 Å². The van der Waals surface area contributed by atoms with Gasteiger partial charge in [-0.15, -0.1) is 0 Å². The molecule has 1 heterocycles. The van der Waals surface area contributed by atoms with Crippen LogP contribution in [0, 0.1) is 0 Å². The smallest absolute Gasteiger partial charge is 0.338 e. The van der Waals surface area contributed by atoms with Gasteiger partial charge in [0.15, 0.2) is 0 Å². The van der Waals surface area contributed by atoms with Gasteiger partial charge in [-0.05, 0) is 43.7 Å². The normalized spacial score (nSPS) is 10.2. The van der Waals surface area contributed by atoms with Crippen molar-refractivity contribution in [3.63, 3.8) is 0 Å². The average Bonchev–Trinajstić information content (AvgIpc) is 2.63. The van der Waals surface area contributed by atoms with E-state index in [2.05, 4.69) is 22.5 Å². The summed E-state index contributed by atoms with van der Waals surface area (Å²) < 4.78 is 4.95. The van der Waals surface area contributed by atoms with Crippen LogP contribution in [0.1, 0.15) is 47.4 Å². The summed E-state index contributed by atoms with van der Waals surface area (Å²) in [5, 5.41) is 6.03. The van der Waals surface area contributed by atoms with Crippen molar-refractivity contribution in [1.29, 1.82) is 0 Å². The fourth-order valence-corrected chi connectivity index (χ4v) is 2.18. The van der Waals surface area contributed by atoms with E-state index in [1.807, 2.05) is 0 Å². The van der Waals surface area contributed by atoms with Crippen molar-refractivity contribution in [3.8, 4) is 0 Å². The van der Waals surface area contributed by atoms with Crippen molar-refractivity contribution in [2.45, 2.75) is 26.7 Å². The summed E-state index contributed by atoms with van der Waals surface area (Å²) in [6.45, 7) is 4.84. The van der Waals surface area contributed by atoms with Crippen molar-refractivity contribution in [3.05, 3.63) is 53.9 Å². The van der Waals surface area contributed by atoms with E-state index in [0.717, 1.165) is 18.5 Å². The number of nitrogens with zero attached hydrogens (tertiary/aromatic N) is 1. The lowest BCUT2D eigenvalue weighted by atomic mass is 10.2. The predicted octanol–water partition coefficient (Wildman–Crippen LogP) is 3.53. The second-order valence-corrected chi connectivity index (χ2v) is 5.49. The van der Waals surface area contributed by atoms with Crippen LogP contribution in [-0.4, -0.2) is 30.0 Å². The number of carbonyl (C=O) groups is 2. The molecule has 1 aromatic carbocycles. The predicted molar refractivity (Wildman–Crippen MR) is 97.2 cm³/mol. The van der Waals surface area contributed by atoms with Crippen LogP contribution in [0.15, 0.2) is 42.7 Å². The Morgan fingerprint density at radius 2 is 1.80 bits per heavy atom. The number of ether oxygens (including phenoxy) is 1. The summed E-state index contributed by atoms with van der Waals surface area (Å²) in [5.41, 5.74) is 2.49. The summed E-state index contributed by atoms with van der Waals surface area (Å²) in [6, 6.07) is 8.68. The molecule has 0 fully saturated rings. The number of benzene rings is 1. The van der Waals surface area contributed by atoms with Crippen molar-refractivity contribution >= 4 is 23.3 Å². The maximum Gasteiger partial charge on any atom is 0.338 e. The lowest BCUT2D eigenvalue weighted by Gasteiger charge is -2.09. The van der Waals surface area contributed by atoms with Crippen LogP contribution in [0.2, 0.25) is 0 Å². The van der Waals surface area contributed by atoms with Gasteiger partial charge in [-0.25, -0.2) is 4.79 Å². The van der Waals surface area contributed by atoms with Gasteiger partial charge in [0.2, 0.25) is 0 Å². The summed E-state index contributed by atoms with van der Waals surface area (Å²) in [7, 11) is 0. The molecular weight excluding hydrogens is 318 g/mol. The Morgan fingerprint density at radius 3 is 2.48 bits per heavy atom. The standard InChI is InChI=1S/C19H23N3O3/c1-3-5-10-21-18(23)15-11-17(13-20-12-15)22-16-8-6-14(7-9-16)19(24)25-4-2/h6-9,11-13,22H,3-5,10H2,1-2H3,(H,21,23). The van der Waals surface area contributed by atoms with Crippen LogP contribution in [0.4, 0.5) is 11.4 Å². The Kier molecular flexibility index (Phi) is 6.95. The van der Waals surface area contributed by atoms with Crippen LogP contribution >= 0.6 is 0 Å². The molecule has 1 aromatic heterocycles. The number of hydrogen-bond acceptors (Lipinski definition) is 5. The first-order valence-corrected chi connectivity index (χ1v) is 8.41. The quantitative estimate of drug-likeness (QED) is 0.567. The zero-order valence-electron chi connectivity index (χ0n) is 14.5. The van der Waals surface area contributed by atoms with Crippen molar-refractivity contribution in [1.82, 2.24) is 10.3 Å². The third kappa shape index (κ3) is 5.60. The first-order valence-electron chi connectivity index (χ1n) is 8.41. The minimum absolute atomic E-state index is 0.137. The lowest BCUT2D eigenvalue weighted by Crippen LogP contribution is -2.24. The minimum atomic E-state index is -0.346. The molecule has 132 valence electrons. The highest BCUT2D eigenvalue weighted by Gasteiger charge is 2.08. The molecule has 25 heavy (non-hydrogen) atoms. The van der Waals surface area contributed by atoms with Crippen LogP contribution in [-0.2, 0) is 4.74 Å². The monoisotopic (exact) mass is 341 g/mol. The highest BCUT2D eigenvalue weighted by molar-refractivity contribution is 5.95. The van der Waals surface area contributed by atoms with E-state index < -0.39 is 0 Å². The molecule has 1 amide bonds. The van der Waals surface area contributed by atoms with Gasteiger partial charge in [0, 0.05) is 18.4 Å². The Bertz CT molecular complexity index is 714. The average molecular weight is 341 g/mol. The van der Waals surface area contributed by atoms with Crippen LogP contribution in [0.5, 0.6) is 0 Å². The topological polar surface area (TPSA) is 80.3 Å². The molecule has 0 unspecified atom stereocenters. The largest absolute Gasteiger partial charge is 0.462 e. The van der Waals surface area contributed by atoms with Gasteiger partial charge in [-0.2, -0.15) is 0 Å². The molecule has 2 aromatic rings. The van der Waals surface area contributed by atoms with Gasteiger partial charge >= 0.3 is 5.97 Å². The van der Waals surface area contributed by atoms with Crippen molar-refractivity contribution in [2.75, 3.05) is 18.5 Å². The second-order valence-electron chi connectivity index (χ2n) is 5.49. The second kappa shape index (κ2) is 9.42. The molecule has 0 saturated heterocycles. The van der Waals surface area contributed by atoms with Crippen LogP contribution < -0.4 is 10.6 Å². The molecule has 0 bridgehead atoms. The molecule has 0 radical (unpaired) electrons. The molecule has 0 atom stereocenters. The Labute approximate surface area is 147 Å². The summed E-state index contributed by atoms with van der Waals surface area (Å²) >= 11 is 0. The van der Waals surface area contributed by atoms with Gasteiger partial charge in [0.1, 0.15) is 0 Å². The van der Waals surface area contributed by atoms with E-state index >= 15 is 0 Å². The van der Waals surface area contributed by atoms with Gasteiger partial charge in [-0.3, -0.25) is 9.78 Å². The van der Waals surface area contributed by atoms with E-state index in [-0.39, 0.29) is 11.9 Å². The minimum Gasteiger partial charge on any atom is -0.462 e. The van der Waals surface area contributed by atoms with Crippen LogP contribution in [0.3, 0.4) is 0 Å². The van der Waals surface area contributed by atoms with Gasteiger partial charge in [-0.1, -0.05) is 13.3 Å². The summed E-state index contributed by atoms with van der Waals surface area (Å²) in [5.74, 6) is -0.483. The highest BCUT2D eigenvalue weighted by Crippen LogP contribution is 2.18. The number of anilines is 2. The first-order chi connectivity index (χ1) is 12.1. The number of carbonyl (C=O) groups excluding carboxylic acids is 2. The first kappa shape index (κ1) is 18.4. The van der Waals surface area contributed by atoms with Gasteiger partial charge in [0.05, 0.1) is 29.6 Å². The number of unbranched alkanes of at least 4 members (excludes halogenated alkanes) is 1. The summed E-state index contributed by atoms with van der Waals surface area (Å²) in [6.07, 6.45) is 5.16. The fraction of sp³-hybridized carbons (Fsp3) is 0.316. The third-order valence-corrected chi connectivity index (χ3v) is 3.50. The van der Waals surface area contributed by atoms with E-state index in [1.54, 1.807) is 43.5 Å². The maximum absolute atomic E-state index is 12.1. The molecule has 0 aliphatic carbocycles. The SMILES string of the molecule is CCCCNC(=O)c1cncc(Nc2ccc(C(=O)OCC)cc2)c1. The van der Waals surface area contributed by atoms with Gasteiger partial charge in [0.25, 0.3) is 5.91 Å². The fourth-order valence-electron chi connectivity index (χ4n) is 2.18. The zero-order chi connectivity index (χ0) is 18.1. The Balaban J connectivity index is 2.01. The summed E-state index contributed by atoms with van der Waals surface area (Å²) in [4.78, 5) is 27.8.